The number of halogens is 4. The molecule has 1 aromatic carbocycles. The number of nitrogens with zero attached hydrogens (tertiary/aromatic N) is 3. The molecule has 2 aliphatic heterocycles. The van der Waals surface area contributed by atoms with Crippen LogP contribution in [0.25, 0.3) is 0 Å². The first-order chi connectivity index (χ1) is 16.1. The van der Waals surface area contributed by atoms with Crippen molar-refractivity contribution in [3.63, 3.8) is 0 Å². The zero-order valence-electron chi connectivity index (χ0n) is 17.6. The van der Waals surface area contributed by atoms with Gasteiger partial charge in [0.05, 0.1) is 38.5 Å². The molecule has 0 aliphatic carbocycles. The van der Waals surface area contributed by atoms with Crippen LogP contribution in [0, 0.1) is 11.6 Å². The first kappa shape index (κ1) is 28.1. The van der Waals surface area contributed by atoms with Crippen molar-refractivity contribution in [2.75, 3.05) is 55.7 Å². The first-order valence-electron chi connectivity index (χ1n) is 10.1. The number of cyclic esters (lactones) is 1. The summed E-state index contributed by atoms with van der Waals surface area (Å²) in [5, 5.41) is 21.0. The van der Waals surface area contributed by atoms with Crippen molar-refractivity contribution in [2.45, 2.75) is 26.1 Å². The molecule has 196 valence electrons. The van der Waals surface area contributed by atoms with Crippen LogP contribution in [-0.4, -0.2) is 97.8 Å². The lowest BCUT2D eigenvalue weighted by molar-refractivity contribution is -0.192. The Morgan fingerprint density at radius 3 is 2.43 bits per heavy atom. The van der Waals surface area contributed by atoms with Crippen LogP contribution in [0.5, 0.6) is 0 Å². The minimum absolute atomic E-state index is 0. The van der Waals surface area contributed by atoms with E-state index in [4.69, 9.17) is 14.7 Å². The molecule has 0 bridgehead atoms. The van der Waals surface area contributed by atoms with Gasteiger partial charge in [0.15, 0.2) is 17.7 Å². The van der Waals surface area contributed by atoms with Gasteiger partial charge in [0, 0.05) is 25.2 Å². The number of nitrogens with one attached hydrogen (secondary N) is 1. The molecule has 3 amide bonds. The standard InChI is InChI=1S/C19H22F4N4O7.CH4/c20-12-5-10(26-8-11(34-19(26)32)7-24-17(30)16(22)23)6-13(21)15(12)25-1-2-27(33-4-3-25)18(31)14(29)9-28;/h5-6,11,14,16,28-29H,1-4,7-9H2,(H,24,30);1H4/t11-,14?;/m0./s1. The third kappa shape index (κ3) is 6.49. The zero-order chi connectivity index (χ0) is 25.0. The van der Waals surface area contributed by atoms with E-state index < -0.39 is 67.0 Å². The number of amides is 3. The second kappa shape index (κ2) is 12.0. The van der Waals surface area contributed by atoms with E-state index in [0.29, 0.717) is 0 Å². The molecule has 0 spiro atoms. The molecule has 1 unspecified atom stereocenters. The molecule has 2 heterocycles. The maximum absolute atomic E-state index is 14.9. The van der Waals surface area contributed by atoms with E-state index in [-0.39, 0.29) is 45.9 Å². The highest BCUT2D eigenvalue weighted by atomic mass is 19.3. The van der Waals surface area contributed by atoms with Gasteiger partial charge in [-0.15, -0.1) is 0 Å². The van der Waals surface area contributed by atoms with Crippen LogP contribution in [0.1, 0.15) is 7.43 Å². The number of benzene rings is 1. The first-order valence-corrected chi connectivity index (χ1v) is 10.1. The highest BCUT2D eigenvalue weighted by Gasteiger charge is 2.35. The lowest BCUT2D eigenvalue weighted by atomic mass is 10.2. The second-order valence-electron chi connectivity index (χ2n) is 7.38. The Balaban J connectivity index is 0.00000432. The van der Waals surface area contributed by atoms with E-state index in [0.717, 1.165) is 22.1 Å². The summed E-state index contributed by atoms with van der Waals surface area (Å²) in [5.74, 6) is -4.48. The molecule has 0 saturated carbocycles. The topological polar surface area (TPSA) is 132 Å². The summed E-state index contributed by atoms with van der Waals surface area (Å²) in [4.78, 5) is 42.4. The van der Waals surface area contributed by atoms with Gasteiger partial charge in [0.2, 0.25) is 0 Å². The number of carbonyl (C=O) groups is 3. The van der Waals surface area contributed by atoms with Gasteiger partial charge in [-0.2, -0.15) is 8.78 Å². The zero-order valence-corrected chi connectivity index (χ0v) is 17.6. The number of alkyl halides is 2. The Labute approximate surface area is 197 Å². The minimum atomic E-state index is -3.24. The van der Waals surface area contributed by atoms with Gasteiger partial charge in [-0.1, -0.05) is 7.43 Å². The molecule has 15 heteroatoms. The maximum Gasteiger partial charge on any atom is 0.414 e. The molecule has 35 heavy (non-hydrogen) atoms. The highest BCUT2D eigenvalue weighted by Crippen LogP contribution is 2.31. The van der Waals surface area contributed by atoms with Crippen LogP contribution in [0.15, 0.2) is 12.1 Å². The Morgan fingerprint density at radius 1 is 1.17 bits per heavy atom. The lowest BCUT2D eigenvalue weighted by Crippen LogP contribution is -2.42. The van der Waals surface area contributed by atoms with Gasteiger partial charge < -0.3 is 25.2 Å². The summed E-state index contributed by atoms with van der Waals surface area (Å²) in [5.41, 5.74) is -0.613. The lowest BCUT2D eigenvalue weighted by Gasteiger charge is -2.24. The van der Waals surface area contributed by atoms with Gasteiger partial charge >= 0.3 is 12.5 Å². The van der Waals surface area contributed by atoms with E-state index >= 15 is 0 Å². The predicted octanol–water partition coefficient (Wildman–Crippen LogP) is 0.241. The maximum atomic E-state index is 14.9. The van der Waals surface area contributed by atoms with Crippen LogP contribution in [-0.2, 0) is 19.2 Å². The Hall–Kier alpha value is -3.17. The number of anilines is 2. The van der Waals surface area contributed by atoms with Gasteiger partial charge in [-0.25, -0.2) is 18.6 Å². The molecule has 2 saturated heterocycles. The molecular weight excluding hydrogens is 484 g/mol. The average molecular weight is 510 g/mol. The summed E-state index contributed by atoms with van der Waals surface area (Å²) >= 11 is 0. The Kier molecular flexibility index (Phi) is 9.62. The van der Waals surface area contributed by atoms with Crippen LogP contribution < -0.4 is 15.1 Å². The average Bonchev–Trinajstić information content (AvgIpc) is 3.00. The van der Waals surface area contributed by atoms with Crippen LogP contribution in [0.3, 0.4) is 0 Å². The molecule has 0 radical (unpaired) electrons. The molecule has 1 aromatic rings. The Morgan fingerprint density at radius 2 is 1.83 bits per heavy atom. The number of hydroxylamine groups is 2. The van der Waals surface area contributed by atoms with E-state index in [1.807, 2.05) is 5.32 Å². The third-order valence-corrected chi connectivity index (χ3v) is 5.09. The molecule has 11 nitrogen and oxygen atoms in total. The van der Waals surface area contributed by atoms with Crippen molar-refractivity contribution >= 4 is 29.3 Å². The number of ether oxygens (including phenoxy) is 1. The molecule has 2 fully saturated rings. The molecule has 2 aliphatic rings. The summed E-state index contributed by atoms with van der Waals surface area (Å²) < 4.78 is 59.3. The van der Waals surface area contributed by atoms with Gasteiger partial charge in [0.1, 0.15) is 11.8 Å². The van der Waals surface area contributed by atoms with Crippen molar-refractivity contribution in [1.82, 2.24) is 10.4 Å². The van der Waals surface area contributed by atoms with Crippen molar-refractivity contribution in [3.8, 4) is 0 Å². The monoisotopic (exact) mass is 510 g/mol. The molecule has 3 N–H and O–H groups in total. The van der Waals surface area contributed by atoms with Gasteiger partial charge in [0.25, 0.3) is 11.8 Å². The summed E-state index contributed by atoms with van der Waals surface area (Å²) in [6.45, 7) is -1.81. The number of hydrogen-bond acceptors (Lipinski definition) is 8. The van der Waals surface area contributed by atoms with E-state index in [9.17, 15) is 37.1 Å². The largest absolute Gasteiger partial charge is 0.442 e. The highest BCUT2D eigenvalue weighted by molar-refractivity contribution is 5.90. The van der Waals surface area contributed by atoms with Gasteiger partial charge in [-0.3, -0.25) is 19.3 Å². The molecular formula is C20H26F4N4O7. The van der Waals surface area contributed by atoms with Crippen molar-refractivity contribution in [1.29, 1.82) is 0 Å². The second-order valence-corrected chi connectivity index (χ2v) is 7.38. The van der Waals surface area contributed by atoms with E-state index in [2.05, 4.69) is 0 Å². The predicted molar refractivity (Wildman–Crippen MR) is 113 cm³/mol. The van der Waals surface area contributed by atoms with Crippen LogP contribution >= 0.6 is 0 Å². The fourth-order valence-electron chi connectivity index (χ4n) is 3.43. The van der Waals surface area contributed by atoms with Crippen molar-refractivity contribution in [2.24, 2.45) is 0 Å². The fraction of sp³-hybridized carbons (Fsp3) is 0.550. The van der Waals surface area contributed by atoms with Crippen molar-refractivity contribution in [3.05, 3.63) is 23.8 Å². The van der Waals surface area contributed by atoms with Gasteiger partial charge in [-0.05, 0) is 0 Å². The van der Waals surface area contributed by atoms with E-state index in [1.54, 1.807) is 0 Å². The number of hydrogen-bond donors (Lipinski definition) is 3. The number of aliphatic hydroxyl groups excluding tert-OH is 2. The fourth-order valence-corrected chi connectivity index (χ4v) is 3.43. The Bertz CT molecular complexity index is 916. The minimum Gasteiger partial charge on any atom is -0.442 e. The van der Waals surface area contributed by atoms with Crippen LogP contribution in [0.2, 0.25) is 0 Å². The number of aliphatic hydroxyl groups is 2. The number of carbonyl (C=O) groups excluding carboxylic acids is 3. The normalized spacial score (nSPS) is 19.2. The smallest absolute Gasteiger partial charge is 0.414 e. The third-order valence-electron chi connectivity index (χ3n) is 5.09. The SMILES string of the molecule is C.O=C(NC[C@H]1CN(c2cc(F)c(N3CCON(C(=O)C(O)CO)CC3)c(F)c2)C(=O)O1)C(F)F. The molecule has 3 rings (SSSR count). The summed E-state index contributed by atoms with van der Waals surface area (Å²) in [7, 11) is 0. The van der Waals surface area contributed by atoms with Crippen molar-refractivity contribution < 1.29 is 51.7 Å². The molecule has 0 aromatic heterocycles. The van der Waals surface area contributed by atoms with Crippen LogP contribution in [0.4, 0.5) is 33.7 Å². The summed E-state index contributed by atoms with van der Waals surface area (Å²) in [6.07, 6.45) is -6.89. The van der Waals surface area contributed by atoms with E-state index in [1.165, 1.54) is 4.90 Å². The number of rotatable bonds is 7. The molecule has 2 atom stereocenters. The summed E-state index contributed by atoms with van der Waals surface area (Å²) in [6, 6.07) is 1.79. The quantitative estimate of drug-likeness (QED) is 0.445.